The van der Waals surface area contributed by atoms with Crippen molar-refractivity contribution in [1.82, 2.24) is 24.5 Å². The first-order valence-electron chi connectivity index (χ1n) is 13.4. The summed E-state index contributed by atoms with van der Waals surface area (Å²) in [7, 11) is -3.06. The predicted molar refractivity (Wildman–Crippen MR) is 152 cm³/mol. The summed E-state index contributed by atoms with van der Waals surface area (Å²) in [5.41, 5.74) is 2.08. The molecule has 2 saturated carbocycles. The molecule has 13 heteroatoms. The van der Waals surface area contributed by atoms with E-state index in [4.69, 9.17) is 16.3 Å². The van der Waals surface area contributed by atoms with Crippen molar-refractivity contribution in [1.29, 1.82) is 0 Å². The average molecular weight is 614 g/mol. The van der Waals surface area contributed by atoms with Crippen LogP contribution in [0.25, 0.3) is 17.1 Å². The first-order chi connectivity index (χ1) is 20.0. The summed E-state index contributed by atoms with van der Waals surface area (Å²) < 4.78 is 59.2. The number of ether oxygens (including phenoxy) is 1. The van der Waals surface area contributed by atoms with E-state index in [1.807, 2.05) is 0 Å². The first kappa shape index (κ1) is 28.4. The maximum atomic E-state index is 14.0. The van der Waals surface area contributed by atoms with Crippen molar-refractivity contribution in [3.8, 4) is 22.8 Å². The molecule has 2 aliphatic carbocycles. The van der Waals surface area contributed by atoms with E-state index in [-0.39, 0.29) is 39.5 Å². The van der Waals surface area contributed by atoms with Gasteiger partial charge in [0.1, 0.15) is 34.7 Å². The molecule has 4 heterocycles. The normalized spacial score (nSPS) is 18.5. The van der Waals surface area contributed by atoms with Crippen LogP contribution in [-0.4, -0.2) is 43.4 Å². The van der Waals surface area contributed by atoms with Crippen molar-refractivity contribution in [3.63, 3.8) is 0 Å². The first-order valence-corrected chi connectivity index (χ1v) is 15.4. The Balaban J connectivity index is 1.26. The van der Waals surface area contributed by atoms with Crippen molar-refractivity contribution < 1.29 is 21.9 Å². The predicted octanol–water partition coefficient (Wildman–Crippen LogP) is 5.04. The minimum Gasteiger partial charge on any atom is -0.485 e. The Hall–Kier alpha value is -3.77. The fourth-order valence-electron chi connectivity index (χ4n) is 5.10. The minimum atomic E-state index is -3.06. The molecule has 0 radical (unpaired) electrons. The number of aryl methyl sites for hydroxylation is 2. The monoisotopic (exact) mass is 613 g/mol. The van der Waals surface area contributed by atoms with E-state index in [2.05, 4.69) is 19.9 Å². The van der Waals surface area contributed by atoms with Gasteiger partial charge in [0.25, 0.3) is 5.56 Å². The van der Waals surface area contributed by atoms with E-state index in [0.29, 0.717) is 53.1 Å². The van der Waals surface area contributed by atoms with Gasteiger partial charge < -0.3 is 4.74 Å². The standard InChI is InChI=1S/C29H26ClF2N5O4S/c1-15-12-34-23(22-5-6-33-28(36-22)17-8-20(9-17)42(39,40)19-3-4-19)11-25(15)37-16(2)7-26(27(30)29(37)38)41-14-24-21(32)10-18(31)13-35-24/h5-7,10-13,17,19-20H,3-4,8-9,14H2,1-2H3. The highest BCUT2D eigenvalue weighted by Gasteiger charge is 2.47. The topological polar surface area (TPSA) is 117 Å². The quantitative estimate of drug-likeness (QED) is 0.271. The third-order valence-electron chi connectivity index (χ3n) is 7.71. The molecule has 0 amide bonds. The summed E-state index contributed by atoms with van der Waals surface area (Å²) in [6, 6.07) is 5.69. The summed E-state index contributed by atoms with van der Waals surface area (Å²) in [6.45, 7) is 3.16. The SMILES string of the molecule is Cc1cnc(-c2ccnc(C3CC(S(=O)(=O)C4CC4)C3)n2)cc1-n1c(C)cc(OCc2ncc(F)cc2F)c(Cl)c1=O. The van der Waals surface area contributed by atoms with Gasteiger partial charge in [0.2, 0.25) is 0 Å². The number of pyridine rings is 3. The lowest BCUT2D eigenvalue weighted by molar-refractivity contribution is 0.292. The summed E-state index contributed by atoms with van der Waals surface area (Å²) in [4.78, 5) is 30.7. The fraction of sp³-hybridized carbons (Fsp3) is 0.345. The largest absolute Gasteiger partial charge is 0.485 e. The second-order valence-corrected chi connectivity index (χ2v) is 13.6. The molecule has 0 atom stereocenters. The molecule has 42 heavy (non-hydrogen) atoms. The minimum absolute atomic E-state index is 0.0378. The van der Waals surface area contributed by atoms with E-state index in [1.165, 1.54) is 4.57 Å². The van der Waals surface area contributed by atoms with Crippen molar-refractivity contribution in [3.05, 3.63) is 92.6 Å². The van der Waals surface area contributed by atoms with Crippen LogP contribution < -0.4 is 10.3 Å². The van der Waals surface area contributed by atoms with E-state index >= 15 is 0 Å². The molecule has 9 nitrogen and oxygen atoms in total. The number of halogens is 3. The summed E-state index contributed by atoms with van der Waals surface area (Å²) in [6.07, 6.45) is 6.67. The Labute approximate surface area is 245 Å². The van der Waals surface area contributed by atoms with Crippen molar-refractivity contribution >= 4 is 21.4 Å². The number of sulfone groups is 1. The van der Waals surface area contributed by atoms with Crippen LogP contribution in [0.2, 0.25) is 5.02 Å². The summed E-state index contributed by atoms with van der Waals surface area (Å²) >= 11 is 6.39. The third kappa shape index (κ3) is 5.29. The lowest BCUT2D eigenvalue weighted by Gasteiger charge is -2.33. The molecule has 4 aromatic heterocycles. The van der Waals surface area contributed by atoms with E-state index in [0.717, 1.165) is 19.0 Å². The Kier molecular flexibility index (Phi) is 7.30. The van der Waals surface area contributed by atoms with Gasteiger partial charge in [-0.1, -0.05) is 11.6 Å². The Morgan fingerprint density at radius 3 is 2.50 bits per heavy atom. The highest BCUT2D eigenvalue weighted by atomic mass is 35.5. The Morgan fingerprint density at radius 2 is 1.79 bits per heavy atom. The number of rotatable bonds is 8. The van der Waals surface area contributed by atoms with Crippen molar-refractivity contribution in [2.45, 2.75) is 62.6 Å². The maximum Gasteiger partial charge on any atom is 0.277 e. The van der Waals surface area contributed by atoms with Gasteiger partial charge in [0.05, 0.1) is 33.8 Å². The molecule has 0 spiro atoms. The van der Waals surface area contributed by atoms with Crippen molar-refractivity contribution in [2.24, 2.45) is 0 Å². The molecule has 0 N–H and O–H groups in total. The van der Waals surface area contributed by atoms with Crippen LogP contribution in [0.5, 0.6) is 5.75 Å². The highest BCUT2D eigenvalue weighted by Crippen LogP contribution is 2.44. The highest BCUT2D eigenvalue weighted by molar-refractivity contribution is 7.93. The number of hydrogen-bond acceptors (Lipinski definition) is 8. The molecule has 0 aromatic carbocycles. The van der Waals surface area contributed by atoms with Crippen LogP contribution in [-0.2, 0) is 16.4 Å². The van der Waals surface area contributed by atoms with Gasteiger partial charge in [-0.2, -0.15) is 0 Å². The fourth-order valence-corrected chi connectivity index (χ4v) is 7.63. The van der Waals surface area contributed by atoms with Crippen molar-refractivity contribution in [2.75, 3.05) is 0 Å². The van der Waals surface area contributed by atoms with Gasteiger partial charge in [0.15, 0.2) is 15.7 Å². The molecule has 4 aromatic rings. The third-order valence-corrected chi connectivity index (χ3v) is 10.8. The smallest absolute Gasteiger partial charge is 0.277 e. The summed E-state index contributed by atoms with van der Waals surface area (Å²) in [5.74, 6) is -1.11. The molecule has 0 aliphatic heterocycles. The van der Waals surface area contributed by atoms with Gasteiger partial charge in [-0.05, 0) is 57.2 Å². The van der Waals surface area contributed by atoms with Gasteiger partial charge in [-0.3, -0.25) is 19.3 Å². The molecule has 2 fully saturated rings. The second kappa shape index (κ2) is 10.8. The van der Waals surface area contributed by atoms with E-state index in [1.54, 1.807) is 44.4 Å². The van der Waals surface area contributed by atoms with E-state index < -0.39 is 27.0 Å². The zero-order valence-electron chi connectivity index (χ0n) is 22.7. The molecule has 0 bridgehead atoms. The second-order valence-electron chi connectivity index (χ2n) is 10.7. The van der Waals surface area contributed by atoms with Crippen LogP contribution in [0.1, 0.15) is 54.4 Å². The molecule has 6 rings (SSSR count). The molecular weight excluding hydrogens is 588 g/mol. The van der Waals surface area contributed by atoms with Crippen LogP contribution in [0.3, 0.4) is 0 Å². The molecule has 0 saturated heterocycles. The number of hydrogen-bond donors (Lipinski definition) is 0. The van der Waals surface area contributed by atoms with Crippen LogP contribution in [0.4, 0.5) is 8.78 Å². The number of aromatic nitrogens is 5. The Bertz CT molecular complexity index is 1870. The molecular formula is C29H26ClF2N5O4S. The molecule has 218 valence electrons. The van der Waals surface area contributed by atoms with Crippen LogP contribution in [0, 0.1) is 25.5 Å². The number of nitrogens with zero attached hydrogens (tertiary/aromatic N) is 5. The van der Waals surface area contributed by atoms with Crippen LogP contribution in [0.15, 0.2) is 47.7 Å². The van der Waals surface area contributed by atoms with Gasteiger partial charge in [-0.15, -0.1) is 0 Å². The van der Waals surface area contributed by atoms with E-state index in [9.17, 15) is 22.0 Å². The zero-order valence-corrected chi connectivity index (χ0v) is 24.3. The maximum absolute atomic E-state index is 14.0. The zero-order chi connectivity index (χ0) is 29.8. The van der Waals surface area contributed by atoms with Gasteiger partial charge >= 0.3 is 0 Å². The lowest BCUT2D eigenvalue weighted by Crippen LogP contribution is -2.37. The van der Waals surface area contributed by atoms with Gasteiger partial charge in [0, 0.05) is 36.1 Å². The summed E-state index contributed by atoms with van der Waals surface area (Å²) in [5, 5.41) is -0.725. The average Bonchev–Trinajstić information content (AvgIpc) is 3.78. The molecule has 0 unspecified atom stereocenters. The van der Waals surface area contributed by atoms with Gasteiger partial charge in [-0.25, -0.2) is 27.2 Å². The molecule has 2 aliphatic rings. The van der Waals surface area contributed by atoms with Crippen LogP contribution >= 0.6 is 11.6 Å². The lowest BCUT2D eigenvalue weighted by atomic mass is 9.84. The Morgan fingerprint density at radius 1 is 1.02 bits per heavy atom.